The number of nitrogens with one attached hydrogen (secondary N) is 1. The van der Waals surface area contributed by atoms with E-state index in [-0.39, 0.29) is 18.9 Å². The Morgan fingerprint density at radius 3 is 2.83 bits per heavy atom. The van der Waals surface area contributed by atoms with Crippen molar-refractivity contribution in [3.8, 4) is 0 Å². The van der Waals surface area contributed by atoms with Crippen LogP contribution in [0.1, 0.15) is 17.5 Å². The third kappa shape index (κ3) is 4.44. The molecule has 1 heterocycles. The Balaban J connectivity index is 2.16. The SMILES string of the molecule is COC(=O)CC1C(=O)NCCN1Cc1cccc(C(F)(F)F)c1. The van der Waals surface area contributed by atoms with Crippen LogP contribution in [0.3, 0.4) is 0 Å². The van der Waals surface area contributed by atoms with Crippen LogP contribution in [-0.2, 0) is 27.0 Å². The van der Waals surface area contributed by atoms with Gasteiger partial charge in [0.1, 0.15) is 6.04 Å². The van der Waals surface area contributed by atoms with Gasteiger partial charge in [0.2, 0.25) is 5.91 Å². The van der Waals surface area contributed by atoms with Crippen molar-refractivity contribution in [3.05, 3.63) is 35.4 Å². The van der Waals surface area contributed by atoms with Gasteiger partial charge >= 0.3 is 12.1 Å². The lowest BCUT2D eigenvalue weighted by molar-refractivity contribution is -0.146. The molecule has 1 aromatic rings. The van der Waals surface area contributed by atoms with Crippen molar-refractivity contribution in [1.29, 1.82) is 0 Å². The molecule has 5 nitrogen and oxygen atoms in total. The van der Waals surface area contributed by atoms with Crippen LogP contribution >= 0.6 is 0 Å². The van der Waals surface area contributed by atoms with Gasteiger partial charge in [-0.3, -0.25) is 14.5 Å². The summed E-state index contributed by atoms with van der Waals surface area (Å²) in [6.45, 7) is 0.984. The molecular weight excluding hydrogens is 313 g/mol. The van der Waals surface area contributed by atoms with Crippen LogP contribution in [0.25, 0.3) is 0 Å². The molecule has 1 saturated heterocycles. The molecule has 0 saturated carbocycles. The van der Waals surface area contributed by atoms with Gasteiger partial charge in [-0.25, -0.2) is 0 Å². The fraction of sp³-hybridized carbons (Fsp3) is 0.467. The lowest BCUT2D eigenvalue weighted by atomic mass is 10.1. The molecule has 1 fully saturated rings. The number of halogens is 3. The molecule has 0 spiro atoms. The number of carbonyl (C=O) groups excluding carboxylic acids is 2. The van der Waals surface area contributed by atoms with Gasteiger partial charge in [-0.05, 0) is 11.6 Å². The number of esters is 1. The Bertz CT molecular complexity index is 590. The Kier molecular flexibility index (Phi) is 5.25. The average molecular weight is 330 g/mol. The van der Waals surface area contributed by atoms with Gasteiger partial charge in [0.25, 0.3) is 0 Å². The summed E-state index contributed by atoms with van der Waals surface area (Å²) in [6, 6.07) is 4.21. The molecule has 1 N–H and O–H groups in total. The maximum Gasteiger partial charge on any atom is 0.416 e. The van der Waals surface area contributed by atoms with Crippen LogP contribution < -0.4 is 5.32 Å². The first-order valence-electron chi connectivity index (χ1n) is 7.06. The van der Waals surface area contributed by atoms with E-state index in [9.17, 15) is 22.8 Å². The van der Waals surface area contributed by atoms with Gasteiger partial charge in [0, 0.05) is 19.6 Å². The van der Waals surface area contributed by atoms with E-state index < -0.39 is 23.8 Å². The van der Waals surface area contributed by atoms with Crippen LogP contribution in [0, 0.1) is 0 Å². The van der Waals surface area contributed by atoms with Crippen LogP contribution in [0.4, 0.5) is 13.2 Å². The van der Waals surface area contributed by atoms with Crippen molar-refractivity contribution in [1.82, 2.24) is 10.2 Å². The zero-order valence-corrected chi connectivity index (χ0v) is 12.5. The summed E-state index contributed by atoms with van der Waals surface area (Å²) >= 11 is 0. The molecule has 1 unspecified atom stereocenters. The van der Waals surface area contributed by atoms with E-state index in [4.69, 9.17) is 0 Å². The molecule has 0 bridgehead atoms. The van der Waals surface area contributed by atoms with Gasteiger partial charge < -0.3 is 10.1 Å². The highest BCUT2D eigenvalue weighted by molar-refractivity contribution is 5.87. The number of piperazine rings is 1. The van der Waals surface area contributed by atoms with Gasteiger partial charge in [-0.2, -0.15) is 13.2 Å². The smallest absolute Gasteiger partial charge is 0.416 e. The second kappa shape index (κ2) is 6.99. The molecule has 23 heavy (non-hydrogen) atoms. The van der Waals surface area contributed by atoms with E-state index in [1.807, 2.05) is 0 Å². The number of ether oxygens (including phenoxy) is 1. The molecule has 2 rings (SSSR count). The molecule has 8 heteroatoms. The number of benzene rings is 1. The minimum Gasteiger partial charge on any atom is -0.469 e. The van der Waals surface area contributed by atoms with Crippen LogP contribution in [-0.4, -0.2) is 43.0 Å². The average Bonchev–Trinajstić information content (AvgIpc) is 2.50. The minimum atomic E-state index is -4.42. The number of carbonyl (C=O) groups is 2. The van der Waals surface area contributed by atoms with Crippen LogP contribution in [0.15, 0.2) is 24.3 Å². The zero-order valence-electron chi connectivity index (χ0n) is 12.5. The maximum atomic E-state index is 12.8. The van der Waals surface area contributed by atoms with Gasteiger partial charge in [0.05, 0.1) is 19.1 Å². The van der Waals surface area contributed by atoms with Crippen molar-refractivity contribution < 1.29 is 27.5 Å². The zero-order chi connectivity index (χ0) is 17.0. The van der Waals surface area contributed by atoms with E-state index in [1.165, 1.54) is 13.2 Å². The lowest BCUT2D eigenvalue weighted by Crippen LogP contribution is -2.55. The highest BCUT2D eigenvalue weighted by atomic mass is 19.4. The number of nitrogens with zero attached hydrogens (tertiary/aromatic N) is 1. The Morgan fingerprint density at radius 1 is 1.43 bits per heavy atom. The monoisotopic (exact) mass is 330 g/mol. The van der Waals surface area contributed by atoms with E-state index in [2.05, 4.69) is 10.1 Å². The standard InChI is InChI=1S/C15H17F3N2O3/c1-23-13(21)8-12-14(22)19-5-6-20(12)9-10-3-2-4-11(7-10)15(16,17)18/h2-4,7,12H,5-6,8-9H2,1H3,(H,19,22). The normalized spacial score (nSPS) is 19.3. The molecule has 1 atom stereocenters. The number of hydrogen-bond donors (Lipinski definition) is 1. The summed E-state index contributed by atoms with van der Waals surface area (Å²) in [7, 11) is 1.22. The molecule has 1 aromatic carbocycles. The number of rotatable bonds is 4. The molecule has 126 valence electrons. The second-order valence-electron chi connectivity index (χ2n) is 5.26. The molecule has 0 aliphatic carbocycles. The highest BCUT2D eigenvalue weighted by Crippen LogP contribution is 2.30. The molecule has 0 aromatic heterocycles. The number of amides is 1. The van der Waals surface area contributed by atoms with Gasteiger partial charge in [0.15, 0.2) is 0 Å². The Morgan fingerprint density at radius 2 is 2.17 bits per heavy atom. The van der Waals surface area contributed by atoms with Gasteiger partial charge in [-0.1, -0.05) is 18.2 Å². The van der Waals surface area contributed by atoms with Crippen molar-refractivity contribution in [2.45, 2.75) is 25.2 Å². The van der Waals surface area contributed by atoms with E-state index in [0.29, 0.717) is 18.7 Å². The van der Waals surface area contributed by atoms with Crippen LogP contribution in [0.2, 0.25) is 0 Å². The number of hydrogen-bond acceptors (Lipinski definition) is 4. The summed E-state index contributed by atoms with van der Waals surface area (Å²) in [4.78, 5) is 25.0. The van der Waals surface area contributed by atoms with E-state index >= 15 is 0 Å². The van der Waals surface area contributed by atoms with E-state index in [0.717, 1.165) is 12.1 Å². The second-order valence-corrected chi connectivity index (χ2v) is 5.26. The summed E-state index contributed by atoms with van der Waals surface area (Å²) in [5, 5.41) is 2.64. The Hall–Kier alpha value is -2.09. The van der Waals surface area contributed by atoms with Gasteiger partial charge in [-0.15, -0.1) is 0 Å². The topological polar surface area (TPSA) is 58.6 Å². The highest BCUT2D eigenvalue weighted by Gasteiger charge is 2.33. The maximum absolute atomic E-state index is 12.8. The summed E-state index contributed by atoms with van der Waals surface area (Å²) < 4.78 is 42.9. The molecular formula is C15H17F3N2O3. The molecule has 1 aliphatic heterocycles. The molecule has 1 amide bonds. The fourth-order valence-corrected chi connectivity index (χ4v) is 2.49. The quantitative estimate of drug-likeness (QED) is 0.852. The summed E-state index contributed by atoms with van der Waals surface area (Å²) in [6.07, 6.45) is -4.55. The number of methoxy groups -OCH3 is 1. The van der Waals surface area contributed by atoms with Crippen molar-refractivity contribution >= 4 is 11.9 Å². The van der Waals surface area contributed by atoms with E-state index in [1.54, 1.807) is 11.0 Å². The third-order valence-electron chi connectivity index (χ3n) is 3.67. The van der Waals surface area contributed by atoms with Crippen molar-refractivity contribution in [2.24, 2.45) is 0 Å². The predicted octanol–water partition coefficient (Wildman–Crippen LogP) is 1.57. The molecule has 0 radical (unpaired) electrons. The summed E-state index contributed by atoms with van der Waals surface area (Å²) in [5.41, 5.74) is -0.301. The van der Waals surface area contributed by atoms with Crippen LogP contribution in [0.5, 0.6) is 0 Å². The van der Waals surface area contributed by atoms with Crippen molar-refractivity contribution in [3.63, 3.8) is 0 Å². The predicted molar refractivity (Wildman–Crippen MR) is 75.3 cm³/mol. The summed E-state index contributed by atoms with van der Waals surface area (Å²) in [5.74, 6) is -0.866. The number of alkyl halides is 3. The first-order chi connectivity index (χ1) is 10.8. The minimum absolute atomic E-state index is 0.138. The first-order valence-corrected chi connectivity index (χ1v) is 7.06. The first kappa shape index (κ1) is 17.3. The fourth-order valence-electron chi connectivity index (χ4n) is 2.49. The largest absolute Gasteiger partial charge is 0.469 e. The molecule has 1 aliphatic rings. The van der Waals surface area contributed by atoms with Crippen molar-refractivity contribution in [2.75, 3.05) is 20.2 Å². The third-order valence-corrected chi connectivity index (χ3v) is 3.67. The lowest BCUT2D eigenvalue weighted by Gasteiger charge is -2.34. The Labute approximate surface area is 131 Å².